The van der Waals surface area contributed by atoms with E-state index < -0.39 is 0 Å². The molecule has 0 radical (unpaired) electrons. The SMILES string of the molecule is CCOC(=O)c1csc(N2CCOC[C@@H]2COC)n1. The van der Waals surface area contributed by atoms with E-state index in [-0.39, 0.29) is 12.0 Å². The minimum absolute atomic E-state index is 0.139. The van der Waals surface area contributed by atoms with Gasteiger partial charge in [0.05, 0.1) is 32.5 Å². The summed E-state index contributed by atoms with van der Waals surface area (Å²) in [6, 6.07) is 0.139. The predicted molar refractivity (Wildman–Crippen MR) is 71.9 cm³/mol. The molecule has 0 unspecified atom stereocenters. The normalized spacial score (nSPS) is 19.5. The van der Waals surface area contributed by atoms with E-state index in [4.69, 9.17) is 14.2 Å². The molecule has 1 aromatic rings. The van der Waals surface area contributed by atoms with E-state index in [2.05, 4.69) is 9.88 Å². The Morgan fingerprint density at radius 2 is 2.53 bits per heavy atom. The van der Waals surface area contributed by atoms with Gasteiger partial charge < -0.3 is 19.1 Å². The number of morpholine rings is 1. The number of thiazole rings is 1. The lowest BCUT2D eigenvalue weighted by Gasteiger charge is -2.34. The van der Waals surface area contributed by atoms with Crippen LogP contribution in [0.2, 0.25) is 0 Å². The quantitative estimate of drug-likeness (QED) is 0.757. The molecule has 106 valence electrons. The summed E-state index contributed by atoms with van der Waals surface area (Å²) in [5, 5.41) is 2.54. The van der Waals surface area contributed by atoms with Gasteiger partial charge in [0, 0.05) is 19.0 Å². The van der Waals surface area contributed by atoms with Crippen molar-refractivity contribution in [2.75, 3.05) is 45.0 Å². The summed E-state index contributed by atoms with van der Waals surface area (Å²) in [7, 11) is 1.67. The summed E-state index contributed by atoms with van der Waals surface area (Å²) in [5.41, 5.74) is 0.365. The number of nitrogens with zero attached hydrogens (tertiary/aromatic N) is 2. The third-order valence-electron chi connectivity index (χ3n) is 2.81. The van der Waals surface area contributed by atoms with Gasteiger partial charge in [-0.3, -0.25) is 0 Å². The van der Waals surface area contributed by atoms with Crippen LogP contribution in [0.25, 0.3) is 0 Å². The number of aromatic nitrogens is 1. The van der Waals surface area contributed by atoms with Crippen molar-refractivity contribution in [2.45, 2.75) is 13.0 Å². The fourth-order valence-corrected chi connectivity index (χ4v) is 2.82. The van der Waals surface area contributed by atoms with Crippen molar-refractivity contribution in [3.05, 3.63) is 11.1 Å². The van der Waals surface area contributed by atoms with E-state index in [0.29, 0.717) is 32.1 Å². The molecule has 6 nitrogen and oxygen atoms in total. The van der Waals surface area contributed by atoms with E-state index in [1.54, 1.807) is 19.4 Å². The molecule has 0 amide bonds. The van der Waals surface area contributed by atoms with Crippen LogP contribution in [0.5, 0.6) is 0 Å². The number of hydrogen-bond acceptors (Lipinski definition) is 7. The van der Waals surface area contributed by atoms with E-state index >= 15 is 0 Å². The first-order chi connectivity index (χ1) is 9.26. The van der Waals surface area contributed by atoms with Gasteiger partial charge >= 0.3 is 5.97 Å². The molecule has 0 N–H and O–H groups in total. The van der Waals surface area contributed by atoms with Crippen LogP contribution < -0.4 is 4.90 Å². The Balaban J connectivity index is 2.09. The fourth-order valence-electron chi connectivity index (χ4n) is 1.93. The summed E-state index contributed by atoms with van der Waals surface area (Å²) in [6.07, 6.45) is 0. The molecule has 0 spiro atoms. The molecule has 2 rings (SSSR count). The van der Waals surface area contributed by atoms with Crippen LogP contribution in [0.1, 0.15) is 17.4 Å². The van der Waals surface area contributed by atoms with Crippen LogP contribution in [0.15, 0.2) is 5.38 Å². The van der Waals surface area contributed by atoms with E-state index in [1.807, 2.05) is 0 Å². The predicted octanol–water partition coefficient (Wildman–Crippen LogP) is 1.17. The Bertz CT molecular complexity index is 422. The largest absolute Gasteiger partial charge is 0.461 e. The van der Waals surface area contributed by atoms with Gasteiger partial charge in [0.1, 0.15) is 0 Å². The lowest BCUT2D eigenvalue weighted by Crippen LogP contribution is -2.48. The second-order valence-electron chi connectivity index (χ2n) is 4.11. The zero-order chi connectivity index (χ0) is 13.7. The van der Waals surface area contributed by atoms with Gasteiger partial charge in [-0.2, -0.15) is 0 Å². The van der Waals surface area contributed by atoms with Crippen LogP contribution in [0, 0.1) is 0 Å². The summed E-state index contributed by atoms with van der Waals surface area (Å²) in [6.45, 7) is 4.74. The molecule has 19 heavy (non-hydrogen) atoms. The minimum Gasteiger partial charge on any atom is -0.461 e. The molecule has 1 saturated heterocycles. The molecule has 1 aromatic heterocycles. The highest BCUT2D eigenvalue weighted by Crippen LogP contribution is 2.24. The van der Waals surface area contributed by atoms with Crippen molar-refractivity contribution < 1.29 is 19.0 Å². The number of esters is 1. The lowest BCUT2D eigenvalue weighted by atomic mass is 10.2. The van der Waals surface area contributed by atoms with E-state index in [1.165, 1.54) is 11.3 Å². The molecule has 0 aromatic carbocycles. The monoisotopic (exact) mass is 286 g/mol. The first kappa shape index (κ1) is 14.2. The molecule has 2 heterocycles. The summed E-state index contributed by atoms with van der Waals surface area (Å²) in [5.74, 6) is -0.374. The van der Waals surface area contributed by atoms with Crippen LogP contribution in [-0.2, 0) is 14.2 Å². The Kier molecular flexibility index (Phi) is 5.12. The van der Waals surface area contributed by atoms with Crippen LogP contribution in [-0.4, -0.2) is 57.1 Å². The van der Waals surface area contributed by atoms with Gasteiger partial charge in [-0.25, -0.2) is 9.78 Å². The Morgan fingerprint density at radius 3 is 3.26 bits per heavy atom. The highest BCUT2D eigenvalue weighted by atomic mass is 32.1. The van der Waals surface area contributed by atoms with Gasteiger partial charge in [0.15, 0.2) is 10.8 Å². The first-order valence-corrected chi connectivity index (χ1v) is 7.10. The molecular formula is C12H18N2O4S. The smallest absolute Gasteiger partial charge is 0.357 e. The van der Waals surface area contributed by atoms with Gasteiger partial charge in [-0.05, 0) is 6.92 Å². The number of ether oxygens (including phenoxy) is 3. The summed E-state index contributed by atoms with van der Waals surface area (Å²) in [4.78, 5) is 18.1. The number of carbonyl (C=O) groups excluding carboxylic acids is 1. The molecule has 7 heteroatoms. The number of anilines is 1. The Labute approximate surface area is 116 Å². The molecule has 1 aliphatic rings. The molecule has 0 aliphatic carbocycles. The maximum atomic E-state index is 11.6. The van der Waals surface area contributed by atoms with Gasteiger partial charge in [0.25, 0.3) is 0 Å². The molecule has 1 fully saturated rings. The third kappa shape index (κ3) is 3.43. The summed E-state index contributed by atoms with van der Waals surface area (Å²) >= 11 is 1.44. The van der Waals surface area contributed by atoms with E-state index in [9.17, 15) is 4.79 Å². The minimum atomic E-state index is -0.374. The van der Waals surface area contributed by atoms with Gasteiger partial charge in [-0.1, -0.05) is 0 Å². The summed E-state index contributed by atoms with van der Waals surface area (Å²) < 4.78 is 15.6. The number of methoxy groups -OCH3 is 1. The van der Waals surface area contributed by atoms with Gasteiger partial charge in [0.2, 0.25) is 0 Å². The molecule has 0 saturated carbocycles. The second-order valence-corrected chi connectivity index (χ2v) is 4.95. The number of hydrogen-bond donors (Lipinski definition) is 0. The Morgan fingerprint density at radius 1 is 1.68 bits per heavy atom. The third-order valence-corrected chi connectivity index (χ3v) is 3.69. The fraction of sp³-hybridized carbons (Fsp3) is 0.667. The van der Waals surface area contributed by atoms with Crippen molar-refractivity contribution in [1.29, 1.82) is 0 Å². The molecule has 1 atom stereocenters. The van der Waals surface area contributed by atoms with Crippen molar-refractivity contribution in [2.24, 2.45) is 0 Å². The highest BCUT2D eigenvalue weighted by Gasteiger charge is 2.26. The topological polar surface area (TPSA) is 60.9 Å². The standard InChI is InChI=1S/C12H18N2O4S/c1-3-18-11(15)10-8-19-12(13-10)14-4-5-17-7-9(14)6-16-2/h8-9H,3-7H2,1-2H3/t9-/m0/s1. The number of rotatable bonds is 5. The molecular weight excluding hydrogens is 268 g/mol. The van der Waals surface area contributed by atoms with Crippen LogP contribution in [0.3, 0.4) is 0 Å². The maximum Gasteiger partial charge on any atom is 0.357 e. The van der Waals surface area contributed by atoms with Crippen molar-refractivity contribution in [1.82, 2.24) is 4.98 Å². The van der Waals surface area contributed by atoms with Crippen LogP contribution in [0.4, 0.5) is 5.13 Å². The average molecular weight is 286 g/mol. The van der Waals surface area contributed by atoms with Crippen molar-refractivity contribution >= 4 is 22.4 Å². The zero-order valence-electron chi connectivity index (χ0n) is 11.1. The van der Waals surface area contributed by atoms with Crippen LogP contribution >= 0.6 is 11.3 Å². The molecule has 0 bridgehead atoms. The lowest BCUT2D eigenvalue weighted by molar-refractivity contribution is 0.0519. The second kappa shape index (κ2) is 6.83. The van der Waals surface area contributed by atoms with Crippen molar-refractivity contribution in [3.8, 4) is 0 Å². The van der Waals surface area contributed by atoms with Gasteiger partial charge in [-0.15, -0.1) is 11.3 Å². The van der Waals surface area contributed by atoms with E-state index in [0.717, 1.165) is 11.7 Å². The zero-order valence-corrected chi connectivity index (χ0v) is 11.9. The van der Waals surface area contributed by atoms with Crippen molar-refractivity contribution in [3.63, 3.8) is 0 Å². The molecule has 1 aliphatic heterocycles. The maximum absolute atomic E-state index is 11.6. The first-order valence-electron chi connectivity index (χ1n) is 6.22. The highest BCUT2D eigenvalue weighted by molar-refractivity contribution is 7.13. The number of carbonyl (C=O) groups is 1. The average Bonchev–Trinajstić information content (AvgIpc) is 2.90. The Hall–Kier alpha value is -1.18.